The summed E-state index contributed by atoms with van der Waals surface area (Å²) >= 11 is 0. The molecule has 134 valence electrons. The van der Waals surface area contributed by atoms with Crippen LogP contribution in [0.25, 0.3) is 6.08 Å². The second-order valence-electron chi connectivity index (χ2n) is 7.25. The monoisotopic (exact) mass is 347 g/mol. The fraction of sp³-hybridized carbons (Fsp3) is 0.318. The van der Waals surface area contributed by atoms with Crippen LogP contribution in [0.5, 0.6) is 0 Å². The largest absolute Gasteiger partial charge is 0.366 e. The van der Waals surface area contributed by atoms with Crippen molar-refractivity contribution in [2.45, 2.75) is 18.9 Å². The first-order valence-corrected chi connectivity index (χ1v) is 9.29. The second-order valence-corrected chi connectivity index (χ2v) is 7.25. The number of carbonyl (C=O) groups excluding carboxylic acids is 1. The number of carbonyl (C=O) groups is 1. The molecule has 0 spiro atoms. The van der Waals surface area contributed by atoms with Crippen molar-refractivity contribution in [3.63, 3.8) is 0 Å². The minimum atomic E-state index is -0.380. The summed E-state index contributed by atoms with van der Waals surface area (Å²) in [6.07, 6.45) is 4.59. The Balaban J connectivity index is 1.60. The highest BCUT2D eigenvalue weighted by Gasteiger charge is 2.34. The van der Waals surface area contributed by atoms with E-state index in [1.54, 1.807) is 0 Å². The number of allylic oxidation sites excluding steroid dienone is 1. The maximum atomic E-state index is 11.3. The number of amides is 1. The minimum Gasteiger partial charge on any atom is -0.366 e. The molecule has 4 heteroatoms. The van der Waals surface area contributed by atoms with Crippen LogP contribution in [-0.2, 0) is 0 Å². The highest BCUT2D eigenvalue weighted by atomic mass is 16.1. The van der Waals surface area contributed by atoms with Crippen LogP contribution in [0.1, 0.15) is 34.3 Å². The third-order valence-electron chi connectivity index (χ3n) is 5.78. The number of hydrogen-bond donors (Lipinski definition) is 2. The van der Waals surface area contributed by atoms with Gasteiger partial charge in [0.05, 0.1) is 0 Å². The van der Waals surface area contributed by atoms with Crippen molar-refractivity contribution in [1.82, 2.24) is 5.32 Å². The normalized spacial score (nSPS) is 22.9. The van der Waals surface area contributed by atoms with Crippen molar-refractivity contribution in [3.05, 3.63) is 71.3 Å². The Labute approximate surface area is 154 Å². The Morgan fingerprint density at radius 1 is 1.19 bits per heavy atom. The van der Waals surface area contributed by atoms with E-state index in [1.165, 1.54) is 11.1 Å². The predicted octanol–water partition coefficient (Wildman–Crippen LogP) is 3.01. The van der Waals surface area contributed by atoms with E-state index in [1.807, 2.05) is 24.3 Å². The molecule has 0 bridgehead atoms. The van der Waals surface area contributed by atoms with E-state index in [0.29, 0.717) is 23.4 Å². The van der Waals surface area contributed by atoms with Crippen molar-refractivity contribution in [2.75, 3.05) is 24.5 Å². The Morgan fingerprint density at radius 2 is 1.96 bits per heavy atom. The molecule has 3 N–H and O–H groups in total. The standard InChI is InChI=1S/C22H25N3O/c1-15(19-11-8-16-4-2-3-5-20(16)19)21-14-24-12-13-25(21)18-9-6-17(7-10-18)22(23)26/h2-11,15,19,21,24H,12-14H2,1H3,(H2,23,26). The smallest absolute Gasteiger partial charge is 0.248 e. The zero-order valence-electron chi connectivity index (χ0n) is 15.1. The zero-order chi connectivity index (χ0) is 18.1. The number of benzene rings is 2. The van der Waals surface area contributed by atoms with Crippen molar-refractivity contribution in [3.8, 4) is 0 Å². The van der Waals surface area contributed by atoms with E-state index in [2.05, 4.69) is 53.6 Å². The molecule has 1 fully saturated rings. The van der Waals surface area contributed by atoms with Gasteiger partial charge in [-0.3, -0.25) is 4.79 Å². The van der Waals surface area contributed by atoms with Crippen LogP contribution in [0.3, 0.4) is 0 Å². The first kappa shape index (κ1) is 16.9. The van der Waals surface area contributed by atoms with Crippen LogP contribution in [0.4, 0.5) is 5.69 Å². The van der Waals surface area contributed by atoms with Crippen molar-refractivity contribution < 1.29 is 4.79 Å². The number of nitrogens with one attached hydrogen (secondary N) is 1. The van der Waals surface area contributed by atoms with Gasteiger partial charge >= 0.3 is 0 Å². The van der Waals surface area contributed by atoms with Gasteiger partial charge in [-0.25, -0.2) is 0 Å². The highest BCUT2D eigenvalue weighted by Crippen LogP contribution is 2.39. The molecule has 1 amide bonds. The maximum Gasteiger partial charge on any atom is 0.248 e. The molecule has 26 heavy (non-hydrogen) atoms. The quantitative estimate of drug-likeness (QED) is 0.894. The molecule has 1 aliphatic heterocycles. The molecule has 0 aromatic heterocycles. The first-order chi connectivity index (χ1) is 12.6. The number of rotatable bonds is 4. The summed E-state index contributed by atoms with van der Waals surface area (Å²) < 4.78 is 0. The third kappa shape index (κ3) is 3.01. The van der Waals surface area contributed by atoms with Crippen LogP contribution in [0, 0.1) is 5.92 Å². The zero-order valence-corrected chi connectivity index (χ0v) is 15.1. The van der Waals surface area contributed by atoms with Crippen LogP contribution in [0.2, 0.25) is 0 Å². The third-order valence-corrected chi connectivity index (χ3v) is 5.78. The van der Waals surface area contributed by atoms with Crippen LogP contribution in [-0.4, -0.2) is 31.6 Å². The molecule has 2 aromatic carbocycles. The number of primary amides is 1. The summed E-state index contributed by atoms with van der Waals surface area (Å²) in [4.78, 5) is 13.8. The van der Waals surface area contributed by atoms with Gasteiger partial charge in [0.25, 0.3) is 0 Å². The van der Waals surface area contributed by atoms with Gasteiger partial charge < -0.3 is 16.0 Å². The van der Waals surface area contributed by atoms with Crippen LogP contribution in [0.15, 0.2) is 54.6 Å². The maximum absolute atomic E-state index is 11.3. The van der Waals surface area contributed by atoms with E-state index >= 15 is 0 Å². The lowest BCUT2D eigenvalue weighted by Gasteiger charge is -2.43. The Bertz CT molecular complexity index is 828. The van der Waals surface area contributed by atoms with Gasteiger partial charge in [0.1, 0.15) is 0 Å². The van der Waals surface area contributed by atoms with Gasteiger partial charge in [0.15, 0.2) is 0 Å². The molecule has 4 nitrogen and oxygen atoms in total. The molecule has 0 radical (unpaired) electrons. The number of anilines is 1. The van der Waals surface area contributed by atoms with Gasteiger partial charge in [0.2, 0.25) is 5.91 Å². The summed E-state index contributed by atoms with van der Waals surface area (Å²) in [6.45, 7) is 5.24. The molecule has 1 heterocycles. The molecule has 1 saturated heterocycles. The summed E-state index contributed by atoms with van der Waals surface area (Å²) in [7, 11) is 0. The van der Waals surface area contributed by atoms with Gasteiger partial charge in [0, 0.05) is 42.8 Å². The van der Waals surface area contributed by atoms with Crippen LogP contribution >= 0.6 is 0 Å². The molecule has 3 atom stereocenters. The Kier molecular flexibility index (Phi) is 4.51. The van der Waals surface area contributed by atoms with E-state index in [0.717, 1.165) is 25.3 Å². The van der Waals surface area contributed by atoms with Crippen molar-refractivity contribution in [2.24, 2.45) is 11.7 Å². The van der Waals surface area contributed by atoms with Gasteiger partial charge in [-0.15, -0.1) is 0 Å². The fourth-order valence-corrected chi connectivity index (χ4v) is 4.31. The summed E-state index contributed by atoms with van der Waals surface area (Å²) in [5.74, 6) is 0.525. The molecule has 4 rings (SSSR count). The molecular weight excluding hydrogens is 322 g/mol. The molecule has 2 aliphatic rings. The molecule has 2 aromatic rings. The number of nitrogens with two attached hydrogens (primary N) is 1. The van der Waals surface area contributed by atoms with Crippen molar-refractivity contribution in [1.29, 1.82) is 0 Å². The predicted molar refractivity (Wildman–Crippen MR) is 106 cm³/mol. The number of fused-ring (bicyclic) bond motifs is 1. The molecular formula is C22H25N3O. The van der Waals surface area contributed by atoms with Crippen LogP contribution < -0.4 is 16.0 Å². The lowest BCUT2D eigenvalue weighted by Crippen LogP contribution is -2.55. The average Bonchev–Trinajstić information content (AvgIpc) is 3.11. The number of piperazine rings is 1. The van der Waals surface area contributed by atoms with Crippen molar-refractivity contribution >= 4 is 17.7 Å². The first-order valence-electron chi connectivity index (χ1n) is 9.29. The molecule has 0 saturated carbocycles. The Morgan fingerprint density at radius 3 is 2.73 bits per heavy atom. The summed E-state index contributed by atoms with van der Waals surface area (Å²) in [5, 5.41) is 3.55. The van der Waals surface area contributed by atoms with E-state index in [9.17, 15) is 4.79 Å². The number of hydrogen-bond acceptors (Lipinski definition) is 3. The Hall–Kier alpha value is -2.59. The minimum absolute atomic E-state index is 0.380. The lowest BCUT2D eigenvalue weighted by molar-refractivity contribution is 0.100. The number of nitrogens with zero attached hydrogens (tertiary/aromatic N) is 1. The van der Waals surface area contributed by atoms with E-state index < -0.39 is 0 Å². The average molecular weight is 347 g/mol. The highest BCUT2D eigenvalue weighted by molar-refractivity contribution is 5.93. The summed E-state index contributed by atoms with van der Waals surface area (Å²) in [6, 6.07) is 16.8. The SMILES string of the molecule is CC(C1C=Cc2ccccc21)C1CNCCN1c1ccc(C(N)=O)cc1. The van der Waals surface area contributed by atoms with E-state index in [-0.39, 0.29) is 5.91 Å². The molecule has 1 aliphatic carbocycles. The van der Waals surface area contributed by atoms with E-state index in [4.69, 9.17) is 5.73 Å². The summed E-state index contributed by atoms with van der Waals surface area (Å²) in [5.41, 5.74) is 9.85. The second kappa shape index (κ2) is 6.96. The molecule has 3 unspecified atom stereocenters. The van der Waals surface area contributed by atoms with Gasteiger partial charge in [-0.2, -0.15) is 0 Å². The van der Waals surface area contributed by atoms with Gasteiger partial charge in [-0.1, -0.05) is 43.3 Å². The lowest BCUT2D eigenvalue weighted by atomic mass is 9.82. The fourth-order valence-electron chi connectivity index (χ4n) is 4.31. The van der Waals surface area contributed by atoms with Gasteiger partial charge in [-0.05, 0) is 41.3 Å². The topological polar surface area (TPSA) is 58.4 Å².